The Labute approximate surface area is 148 Å². The number of hydrogen-bond acceptors (Lipinski definition) is 5. The molecule has 24 heavy (non-hydrogen) atoms. The first kappa shape index (κ1) is 16.5. The van der Waals surface area contributed by atoms with Gasteiger partial charge in [-0.3, -0.25) is 4.79 Å². The van der Waals surface area contributed by atoms with Crippen LogP contribution in [0.25, 0.3) is 10.9 Å². The number of fused-ring (bicyclic) bond motifs is 1. The number of hydrogen-bond donors (Lipinski definition) is 1. The number of nitrogens with one attached hydrogen (secondary N) is 1. The van der Waals surface area contributed by atoms with Crippen molar-refractivity contribution >= 4 is 45.2 Å². The lowest BCUT2D eigenvalue weighted by molar-refractivity contribution is 0.269. The Hall–Kier alpha value is -2.31. The van der Waals surface area contributed by atoms with Crippen LogP contribution in [0.2, 0.25) is 5.02 Å². The maximum atomic E-state index is 12.1. The number of methoxy groups -OCH3 is 1. The zero-order valence-electron chi connectivity index (χ0n) is 13.0. The molecule has 0 aliphatic heterocycles. The molecule has 0 bridgehead atoms. The minimum absolute atomic E-state index is 0.274. The molecule has 0 aliphatic carbocycles. The smallest absolute Gasteiger partial charge is 0.291 e. The summed E-state index contributed by atoms with van der Waals surface area (Å²) >= 11 is 6.84. The Morgan fingerprint density at radius 3 is 2.79 bits per heavy atom. The van der Waals surface area contributed by atoms with Crippen molar-refractivity contribution in [1.82, 2.24) is 9.97 Å². The second-order valence-corrected chi connectivity index (χ2v) is 6.38. The summed E-state index contributed by atoms with van der Waals surface area (Å²) in [5, 5.41) is 4.33. The number of carbonyl (C=O) groups excluding carboxylic acids is 1. The third-order valence-electron chi connectivity index (χ3n) is 3.33. The Morgan fingerprint density at radius 2 is 2.04 bits per heavy atom. The van der Waals surface area contributed by atoms with Crippen LogP contribution in [0.3, 0.4) is 0 Å². The van der Waals surface area contributed by atoms with Gasteiger partial charge in [0.1, 0.15) is 5.75 Å². The fraction of sp³-hybridized carbons (Fsp3) is 0.118. The third-order valence-corrected chi connectivity index (χ3v) is 4.22. The minimum Gasteiger partial charge on any atom is -0.497 e. The molecule has 0 saturated heterocycles. The van der Waals surface area contributed by atoms with Crippen LogP contribution in [-0.4, -0.2) is 22.3 Å². The van der Waals surface area contributed by atoms with E-state index >= 15 is 0 Å². The molecule has 1 heterocycles. The van der Waals surface area contributed by atoms with E-state index in [1.165, 1.54) is 0 Å². The van der Waals surface area contributed by atoms with E-state index in [0.29, 0.717) is 15.9 Å². The van der Waals surface area contributed by atoms with Crippen molar-refractivity contribution in [1.29, 1.82) is 0 Å². The van der Waals surface area contributed by atoms with E-state index in [2.05, 4.69) is 15.3 Å². The zero-order valence-corrected chi connectivity index (χ0v) is 14.6. The summed E-state index contributed by atoms with van der Waals surface area (Å²) in [6, 6.07) is 12.5. The van der Waals surface area contributed by atoms with Gasteiger partial charge < -0.3 is 10.1 Å². The quantitative estimate of drug-likeness (QED) is 0.531. The lowest BCUT2D eigenvalue weighted by atomic mass is 10.2. The number of halogens is 1. The van der Waals surface area contributed by atoms with E-state index < -0.39 is 0 Å². The molecule has 0 atom stereocenters. The molecule has 0 fully saturated rings. The second-order valence-electron chi connectivity index (χ2n) is 5.00. The van der Waals surface area contributed by atoms with Crippen LogP contribution in [0.1, 0.15) is 5.69 Å². The number of aromatic nitrogens is 2. The minimum atomic E-state index is -0.274. The molecule has 1 amide bonds. The fourth-order valence-corrected chi connectivity index (χ4v) is 3.05. The van der Waals surface area contributed by atoms with Crippen molar-refractivity contribution in [3.63, 3.8) is 0 Å². The first-order chi connectivity index (χ1) is 11.5. The van der Waals surface area contributed by atoms with Crippen LogP contribution < -0.4 is 10.1 Å². The van der Waals surface area contributed by atoms with Crippen molar-refractivity contribution in [2.24, 2.45) is 0 Å². The van der Waals surface area contributed by atoms with Gasteiger partial charge in [0.05, 0.1) is 12.6 Å². The Bertz CT molecular complexity index is 917. The normalized spacial score (nSPS) is 10.6. The van der Waals surface area contributed by atoms with Crippen LogP contribution in [0.4, 0.5) is 10.5 Å². The molecule has 0 aliphatic rings. The molecule has 122 valence electrons. The highest BCUT2D eigenvalue weighted by atomic mass is 35.5. The second kappa shape index (κ2) is 7.07. The topological polar surface area (TPSA) is 64.1 Å². The summed E-state index contributed by atoms with van der Waals surface area (Å²) in [5.41, 5.74) is 2.18. The van der Waals surface area contributed by atoms with Gasteiger partial charge in [-0.1, -0.05) is 17.7 Å². The van der Waals surface area contributed by atoms with E-state index in [0.717, 1.165) is 34.1 Å². The first-order valence-electron chi connectivity index (χ1n) is 7.12. The number of amides is 1. The largest absolute Gasteiger partial charge is 0.497 e. The average Bonchev–Trinajstić information content (AvgIpc) is 2.54. The van der Waals surface area contributed by atoms with E-state index in [-0.39, 0.29) is 5.24 Å². The van der Waals surface area contributed by atoms with Gasteiger partial charge in [-0.2, -0.15) is 0 Å². The van der Waals surface area contributed by atoms with Gasteiger partial charge in [0, 0.05) is 33.6 Å². The summed E-state index contributed by atoms with van der Waals surface area (Å²) in [4.78, 5) is 21.0. The predicted molar refractivity (Wildman–Crippen MR) is 97.2 cm³/mol. The Kier molecular flexibility index (Phi) is 4.87. The molecule has 1 N–H and O–H groups in total. The van der Waals surface area contributed by atoms with Crippen LogP contribution in [0.5, 0.6) is 5.75 Å². The van der Waals surface area contributed by atoms with E-state index in [1.54, 1.807) is 31.4 Å². The van der Waals surface area contributed by atoms with Crippen molar-refractivity contribution in [3.8, 4) is 5.75 Å². The lowest BCUT2D eigenvalue weighted by Crippen LogP contribution is -2.06. The van der Waals surface area contributed by atoms with E-state index in [1.807, 2.05) is 25.1 Å². The highest BCUT2D eigenvalue weighted by molar-refractivity contribution is 8.13. The number of carbonyl (C=O) groups is 1. The van der Waals surface area contributed by atoms with Crippen LogP contribution >= 0.6 is 23.4 Å². The summed E-state index contributed by atoms with van der Waals surface area (Å²) in [5.74, 6) is 0.744. The zero-order chi connectivity index (χ0) is 17.1. The van der Waals surface area contributed by atoms with Crippen molar-refractivity contribution in [2.75, 3.05) is 12.4 Å². The molecule has 0 unspecified atom stereocenters. The number of aryl methyl sites for hydroxylation is 1. The SMILES string of the molecule is COc1ccc2nc(SC(=O)Nc3cccc(Cl)c3)nc(C)c2c1. The highest BCUT2D eigenvalue weighted by Gasteiger charge is 2.11. The van der Waals surface area contributed by atoms with Crippen molar-refractivity contribution < 1.29 is 9.53 Å². The summed E-state index contributed by atoms with van der Waals surface area (Å²) in [6.45, 7) is 1.88. The number of ether oxygens (including phenoxy) is 1. The highest BCUT2D eigenvalue weighted by Crippen LogP contribution is 2.25. The molecule has 0 spiro atoms. The predicted octanol–water partition coefficient (Wildman–Crippen LogP) is 4.92. The Morgan fingerprint density at radius 1 is 1.21 bits per heavy atom. The van der Waals surface area contributed by atoms with Crippen molar-refractivity contribution in [2.45, 2.75) is 12.1 Å². The molecule has 3 aromatic rings. The van der Waals surface area contributed by atoms with Gasteiger partial charge in [-0.15, -0.1) is 0 Å². The molecule has 1 aromatic heterocycles. The summed E-state index contributed by atoms with van der Waals surface area (Å²) in [6.07, 6.45) is 0. The molecular formula is C17H14ClN3O2S. The molecule has 0 radical (unpaired) electrons. The number of benzene rings is 2. The number of thioether (sulfide) groups is 1. The van der Waals surface area contributed by atoms with Gasteiger partial charge in [0.2, 0.25) is 0 Å². The lowest BCUT2D eigenvalue weighted by Gasteiger charge is -2.07. The van der Waals surface area contributed by atoms with Gasteiger partial charge >= 0.3 is 0 Å². The van der Waals surface area contributed by atoms with E-state index in [4.69, 9.17) is 16.3 Å². The van der Waals surface area contributed by atoms with Gasteiger partial charge in [0.25, 0.3) is 5.24 Å². The molecule has 7 heteroatoms. The first-order valence-corrected chi connectivity index (χ1v) is 8.31. The average molecular weight is 360 g/mol. The van der Waals surface area contributed by atoms with Crippen LogP contribution in [-0.2, 0) is 0 Å². The maximum Gasteiger partial charge on any atom is 0.291 e. The van der Waals surface area contributed by atoms with Crippen LogP contribution in [0.15, 0.2) is 47.6 Å². The number of anilines is 1. The van der Waals surface area contributed by atoms with Gasteiger partial charge in [-0.25, -0.2) is 9.97 Å². The number of nitrogens with zero attached hydrogens (tertiary/aromatic N) is 2. The fourth-order valence-electron chi connectivity index (χ4n) is 2.20. The number of rotatable bonds is 3. The molecule has 0 saturated carbocycles. The molecule has 5 nitrogen and oxygen atoms in total. The van der Waals surface area contributed by atoms with Gasteiger partial charge in [0.15, 0.2) is 5.16 Å². The molecule has 3 rings (SSSR count). The van der Waals surface area contributed by atoms with E-state index in [9.17, 15) is 4.79 Å². The van der Waals surface area contributed by atoms with Gasteiger partial charge in [-0.05, 0) is 43.3 Å². The third kappa shape index (κ3) is 3.77. The van der Waals surface area contributed by atoms with Crippen LogP contribution in [0, 0.1) is 6.92 Å². The monoisotopic (exact) mass is 359 g/mol. The molecular weight excluding hydrogens is 346 g/mol. The molecule has 2 aromatic carbocycles. The maximum absolute atomic E-state index is 12.1. The summed E-state index contributed by atoms with van der Waals surface area (Å²) < 4.78 is 5.21. The van der Waals surface area contributed by atoms with Crippen molar-refractivity contribution in [3.05, 3.63) is 53.2 Å². The summed E-state index contributed by atoms with van der Waals surface area (Å²) in [7, 11) is 1.61. The standard InChI is InChI=1S/C17H14ClN3O2S/c1-10-14-9-13(23-2)6-7-15(14)21-16(19-10)24-17(22)20-12-5-3-4-11(18)8-12/h3-9H,1-2H3,(H,20,22). The Balaban J connectivity index is 1.81.